The first kappa shape index (κ1) is 20.4. The first-order chi connectivity index (χ1) is 13.1. The summed E-state index contributed by atoms with van der Waals surface area (Å²) in [6.45, 7) is 6.13. The van der Waals surface area contributed by atoms with E-state index >= 15 is 0 Å². The maximum atomic E-state index is 12.5. The van der Waals surface area contributed by atoms with Crippen LogP contribution in [0, 0.1) is 5.92 Å². The molecule has 0 saturated carbocycles. The third-order valence-electron chi connectivity index (χ3n) is 4.42. The van der Waals surface area contributed by atoms with Crippen molar-refractivity contribution in [2.24, 2.45) is 5.92 Å². The number of carbonyl (C=O) groups is 2. The molecule has 2 aromatic rings. The number of rotatable bonds is 5. The summed E-state index contributed by atoms with van der Waals surface area (Å²) in [7, 11) is -3.53. The summed E-state index contributed by atoms with van der Waals surface area (Å²) in [5.41, 5.74) is -0.339. The summed E-state index contributed by atoms with van der Waals surface area (Å²) in [5, 5.41) is 10.9. The smallest absolute Gasteiger partial charge is 0.231 e. The molecule has 0 radical (unpaired) electrons. The molecule has 1 unspecified atom stereocenters. The number of hydrogen-bond acceptors (Lipinski definition) is 7. The van der Waals surface area contributed by atoms with Crippen LogP contribution in [0.3, 0.4) is 0 Å². The summed E-state index contributed by atoms with van der Waals surface area (Å²) in [5.74, 6) is -1.12. The molecular formula is C18H22N4O4S2. The summed E-state index contributed by atoms with van der Waals surface area (Å²) in [6, 6.07) is 8.10. The first-order valence-corrected chi connectivity index (χ1v) is 11.2. The van der Waals surface area contributed by atoms with Gasteiger partial charge in [0, 0.05) is 18.5 Å². The van der Waals surface area contributed by atoms with Crippen LogP contribution in [0.2, 0.25) is 0 Å². The van der Waals surface area contributed by atoms with E-state index in [1.165, 1.54) is 12.1 Å². The molecule has 150 valence electrons. The highest BCUT2D eigenvalue weighted by molar-refractivity contribution is 7.90. The third-order valence-corrected chi connectivity index (χ3v) is 7.08. The van der Waals surface area contributed by atoms with Crippen LogP contribution in [0.1, 0.15) is 32.2 Å². The molecule has 3 rings (SSSR count). The summed E-state index contributed by atoms with van der Waals surface area (Å²) < 4.78 is 24.8. The van der Waals surface area contributed by atoms with Crippen molar-refractivity contribution in [3.63, 3.8) is 0 Å². The molecular weight excluding hydrogens is 400 g/mol. The number of nitrogens with zero attached hydrogens (tertiary/aromatic N) is 3. The number of amides is 2. The average molecular weight is 423 g/mol. The van der Waals surface area contributed by atoms with Crippen LogP contribution in [0.5, 0.6) is 0 Å². The Morgan fingerprint density at radius 1 is 1.25 bits per heavy atom. The largest absolute Gasteiger partial charge is 0.337 e. The van der Waals surface area contributed by atoms with Gasteiger partial charge in [-0.25, -0.2) is 8.42 Å². The van der Waals surface area contributed by atoms with E-state index in [-0.39, 0.29) is 44.6 Å². The number of aromatic nitrogens is 2. The lowest BCUT2D eigenvalue weighted by atomic mass is 10.1. The topological polar surface area (TPSA) is 109 Å². The zero-order valence-electron chi connectivity index (χ0n) is 15.9. The van der Waals surface area contributed by atoms with Crippen molar-refractivity contribution in [1.82, 2.24) is 15.1 Å². The normalized spacial score (nSPS) is 17.8. The SMILES string of the molecule is CC(C)(C)N1CC(C(=O)Nc2nnc(CS(=O)(=O)c3ccccc3)s2)CC1=O. The van der Waals surface area contributed by atoms with Crippen LogP contribution in [0.15, 0.2) is 35.2 Å². The van der Waals surface area contributed by atoms with Crippen molar-refractivity contribution in [2.45, 2.75) is 43.4 Å². The molecule has 2 heterocycles. The molecule has 1 aromatic carbocycles. The van der Waals surface area contributed by atoms with Gasteiger partial charge in [0.25, 0.3) is 0 Å². The number of anilines is 1. The van der Waals surface area contributed by atoms with Gasteiger partial charge in [0.05, 0.1) is 10.8 Å². The van der Waals surface area contributed by atoms with Gasteiger partial charge < -0.3 is 10.2 Å². The van der Waals surface area contributed by atoms with E-state index < -0.39 is 15.8 Å². The lowest BCUT2D eigenvalue weighted by molar-refractivity contribution is -0.131. The zero-order chi connectivity index (χ0) is 20.5. The van der Waals surface area contributed by atoms with Crippen LogP contribution in [-0.2, 0) is 25.2 Å². The molecule has 1 aliphatic rings. The van der Waals surface area contributed by atoms with Gasteiger partial charge in [-0.1, -0.05) is 29.5 Å². The second-order valence-corrected chi connectivity index (χ2v) is 10.7. The van der Waals surface area contributed by atoms with Crippen LogP contribution < -0.4 is 5.32 Å². The quantitative estimate of drug-likeness (QED) is 0.790. The summed E-state index contributed by atoms with van der Waals surface area (Å²) in [6.07, 6.45) is 0.150. The fraction of sp³-hybridized carbons (Fsp3) is 0.444. The maximum absolute atomic E-state index is 12.5. The molecule has 0 aliphatic carbocycles. The molecule has 1 aliphatic heterocycles. The predicted octanol–water partition coefficient (Wildman–Crippen LogP) is 2.10. The van der Waals surface area contributed by atoms with Gasteiger partial charge in [0.2, 0.25) is 16.9 Å². The number of sulfone groups is 1. The minimum atomic E-state index is -3.53. The minimum Gasteiger partial charge on any atom is -0.337 e. The van der Waals surface area contributed by atoms with Gasteiger partial charge in [-0.15, -0.1) is 10.2 Å². The Bertz CT molecular complexity index is 981. The fourth-order valence-electron chi connectivity index (χ4n) is 2.97. The highest BCUT2D eigenvalue weighted by Crippen LogP contribution is 2.27. The third kappa shape index (κ3) is 4.56. The zero-order valence-corrected chi connectivity index (χ0v) is 17.5. The Hall–Kier alpha value is -2.33. The first-order valence-electron chi connectivity index (χ1n) is 8.78. The highest BCUT2D eigenvalue weighted by atomic mass is 32.2. The summed E-state index contributed by atoms with van der Waals surface area (Å²) in [4.78, 5) is 26.5. The Balaban J connectivity index is 1.64. The monoisotopic (exact) mass is 422 g/mol. The molecule has 0 bridgehead atoms. The molecule has 1 aromatic heterocycles. The molecule has 1 fully saturated rings. The van der Waals surface area contributed by atoms with E-state index in [0.29, 0.717) is 6.54 Å². The molecule has 8 nitrogen and oxygen atoms in total. The summed E-state index contributed by atoms with van der Waals surface area (Å²) >= 11 is 1.02. The molecule has 1 saturated heterocycles. The van der Waals surface area contributed by atoms with E-state index in [9.17, 15) is 18.0 Å². The number of hydrogen-bond donors (Lipinski definition) is 1. The molecule has 0 spiro atoms. The lowest BCUT2D eigenvalue weighted by Gasteiger charge is -2.31. The average Bonchev–Trinajstić information content (AvgIpc) is 3.21. The second-order valence-electron chi connectivity index (χ2n) is 7.64. The van der Waals surface area contributed by atoms with Crippen molar-refractivity contribution in [3.05, 3.63) is 35.3 Å². The van der Waals surface area contributed by atoms with E-state index in [4.69, 9.17) is 0 Å². The number of carbonyl (C=O) groups excluding carboxylic acids is 2. The molecule has 2 amide bonds. The van der Waals surface area contributed by atoms with Crippen molar-refractivity contribution >= 4 is 38.1 Å². The Morgan fingerprint density at radius 2 is 1.93 bits per heavy atom. The van der Waals surface area contributed by atoms with Crippen molar-refractivity contribution in [2.75, 3.05) is 11.9 Å². The Labute approximate surface area is 167 Å². The Kier molecular flexibility index (Phi) is 5.53. The van der Waals surface area contributed by atoms with E-state index in [1.807, 2.05) is 20.8 Å². The van der Waals surface area contributed by atoms with Crippen molar-refractivity contribution in [1.29, 1.82) is 0 Å². The van der Waals surface area contributed by atoms with E-state index in [0.717, 1.165) is 11.3 Å². The Morgan fingerprint density at radius 3 is 2.54 bits per heavy atom. The molecule has 1 atom stereocenters. The highest BCUT2D eigenvalue weighted by Gasteiger charge is 2.39. The fourth-order valence-corrected chi connectivity index (χ4v) is 5.34. The van der Waals surface area contributed by atoms with Crippen LogP contribution in [0.4, 0.5) is 5.13 Å². The van der Waals surface area contributed by atoms with Gasteiger partial charge in [-0.3, -0.25) is 9.59 Å². The minimum absolute atomic E-state index is 0.0560. The number of nitrogens with one attached hydrogen (secondary N) is 1. The van der Waals surface area contributed by atoms with Crippen molar-refractivity contribution in [3.8, 4) is 0 Å². The molecule has 28 heavy (non-hydrogen) atoms. The van der Waals surface area contributed by atoms with Gasteiger partial charge in [0.1, 0.15) is 10.8 Å². The van der Waals surface area contributed by atoms with Gasteiger partial charge in [-0.05, 0) is 32.9 Å². The van der Waals surface area contributed by atoms with Gasteiger partial charge in [-0.2, -0.15) is 0 Å². The van der Waals surface area contributed by atoms with E-state index in [2.05, 4.69) is 15.5 Å². The van der Waals surface area contributed by atoms with Crippen molar-refractivity contribution < 1.29 is 18.0 Å². The van der Waals surface area contributed by atoms with Gasteiger partial charge in [0.15, 0.2) is 9.84 Å². The predicted molar refractivity (Wildman–Crippen MR) is 105 cm³/mol. The molecule has 1 N–H and O–H groups in total. The van der Waals surface area contributed by atoms with Gasteiger partial charge >= 0.3 is 0 Å². The molecule has 10 heteroatoms. The van der Waals surface area contributed by atoms with E-state index in [1.54, 1.807) is 23.1 Å². The number of benzene rings is 1. The lowest BCUT2D eigenvalue weighted by Crippen LogP contribution is -2.42. The number of likely N-dealkylation sites (tertiary alicyclic amines) is 1. The second kappa shape index (κ2) is 7.59. The van der Waals surface area contributed by atoms with Crippen LogP contribution in [-0.4, -0.2) is 47.4 Å². The van der Waals surface area contributed by atoms with Crippen LogP contribution in [0.25, 0.3) is 0 Å². The van der Waals surface area contributed by atoms with Crippen LogP contribution >= 0.6 is 11.3 Å². The maximum Gasteiger partial charge on any atom is 0.231 e. The standard InChI is InChI=1S/C18H22N4O4S2/c1-18(2,3)22-10-12(9-15(22)23)16(24)19-17-21-20-14(27-17)11-28(25,26)13-7-5-4-6-8-13/h4-8,12H,9-11H2,1-3H3,(H,19,21,24).